The molecule has 20 heavy (non-hydrogen) atoms. The Morgan fingerprint density at radius 1 is 1.40 bits per heavy atom. The summed E-state index contributed by atoms with van der Waals surface area (Å²) >= 11 is 0. The van der Waals surface area contributed by atoms with E-state index in [2.05, 4.69) is 15.4 Å². The number of fused-ring (bicyclic) bond motifs is 1. The Bertz CT molecular complexity index is 547. The maximum atomic E-state index is 9.96. The molecule has 1 saturated heterocycles. The molecule has 0 aromatic carbocycles. The molecule has 3 heterocycles. The number of aliphatic hydroxyl groups is 3. The highest BCUT2D eigenvalue weighted by atomic mass is 16.6. The number of hydrazine groups is 1. The maximum Gasteiger partial charge on any atom is 0.221 e. The summed E-state index contributed by atoms with van der Waals surface area (Å²) in [4.78, 5) is 7.86. The van der Waals surface area contributed by atoms with E-state index in [9.17, 15) is 15.4 Å². The first-order chi connectivity index (χ1) is 9.52. The Labute approximate surface area is 112 Å². The van der Waals surface area contributed by atoms with Crippen molar-refractivity contribution in [2.45, 2.75) is 24.5 Å². The van der Waals surface area contributed by atoms with Gasteiger partial charge in [-0.2, -0.15) is 4.99 Å². The van der Waals surface area contributed by atoms with Crippen molar-refractivity contribution in [2.24, 2.45) is 10.7 Å². The van der Waals surface area contributed by atoms with Crippen LogP contribution >= 0.6 is 0 Å². The van der Waals surface area contributed by atoms with Crippen LogP contribution in [0.5, 0.6) is 0 Å². The molecular formula is C9H14N6O5. The highest BCUT2D eigenvalue weighted by Crippen LogP contribution is 2.36. The zero-order valence-corrected chi connectivity index (χ0v) is 10.2. The van der Waals surface area contributed by atoms with Crippen LogP contribution < -0.4 is 16.3 Å². The van der Waals surface area contributed by atoms with E-state index in [0.717, 1.165) is 0 Å². The summed E-state index contributed by atoms with van der Waals surface area (Å²) in [5.41, 5.74) is 7.81. The minimum absolute atomic E-state index is 0.0666. The topological polar surface area (TPSA) is 162 Å². The summed E-state index contributed by atoms with van der Waals surface area (Å²) in [6.45, 7) is -0.440. The van der Waals surface area contributed by atoms with Gasteiger partial charge in [0.2, 0.25) is 11.8 Å². The van der Waals surface area contributed by atoms with Crippen LogP contribution in [0.2, 0.25) is 0 Å². The Kier molecular flexibility index (Phi) is 2.99. The molecular weight excluding hydrogens is 272 g/mol. The third-order valence-corrected chi connectivity index (χ3v) is 3.19. The van der Waals surface area contributed by atoms with E-state index >= 15 is 0 Å². The molecule has 7 N–H and O–H groups in total. The Morgan fingerprint density at radius 2 is 2.15 bits per heavy atom. The third-order valence-electron chi connectivity index (χ3n) is 3.19. The number of aromatic nitrogens is 2. The highest BCUT2D eigenvalue weighted by Gasteiger charge is 2.44. The molecule has 0 radical (unpaired) electrons. The van der Waals surface area contributed by atoms with Crippen LogP contribution in [0.1, 0.15) is 6.23 Å². The fourth-order valence-corrected chi connectivity index (χ4v) is 2.20. The number of aliphatic hydroxyl groups excluding tert-OH is 3. The second-order valence-electron chi connectivity index (χ2n) is 4.45. The first-order valence-electron chi connectivity index (χ1n) is 5.82. The van der Waals surface area contributed by atoms with Crippen molar-refractivity contribution in [2.75, 3.05) is 11.8 Å². The zero-order chi connectivity index (χ0) is 14.4. The second-order valence-corrected chi connectivity index (χ2v) is 4.45. The number of ether oxygens (including phenoxy) is 1. The van der Waals surface area contributed by atoms with E-state index in [1.54, 1.807) is 0 Å². The first-order valence-corrected chi connectivity index (χ1v) is 5.82. The van der Waals surface area contributed by atoms with Crippen LogP contribution in [0.4, 0.5) is 11.6 Å². The predicted molar refractivity (Wildman–Crippen MR) is 63.9 cm³/mol. The average Bonchev–Trinajstić information content (AvgIpc) is 2.93. The van der Waals surface area contributed by atoms with Gasteiger partial charge in [0.05, 0.1) is 6.61 Å². The first kappa shape index (κ1) is 13.1. The largest absolute Gasteiger partial charge is 0.394 e. The van der Waals surface area contributed by atoms with Crippen molar-refractivity contribution in [1.29, 1.82) is 0 Å². The number of anilines is 1. The van der Waals surface area contributed by atoms with E-state index in [1.165, 1.54) is 10.9 Å². The molecule has 0 unspecified atom stereocenters. The molecule has 2 aliphatic rings. The third kappa shape index (κ3) is 1.80. The van der Waals surface area contributed by atoms with Gasteiger partial charge < -0.3 is 25.8 Å². The Balaban J connectivity index is 1.97. The van der Waals surface area contributed by atoms with Gasteiger partial charge >= 0.3 is 0 Å². The van der Waals surface area contributed by atoms with E-state index in [4.69, 9.17) is 15.6 Å². The Hall–Kier alpha value is -1.92. The van der Waals surface area contributed by atoms with Gasteiger partial charge in [-0.15, -0.1) is 5.17 Å². The monoisotopic (exact) mass is 286 g/mol. The minimum Gasteiger partial charge on any atom is -0.394 e. The zero-order valence-electron chi connectivity index (χ0n) is 10.2. The van der Waals surface area contributed by atoms with Crippen LogP contribution in [0, 0.1) is 0 Å². The van der Waals surface area contributed by atoms with Crippen LogP contribution in [-0.2, 0) is 4.74 Å². The van der Waals surface area contributed by atoms with Crippen molar-refractivity contribution >= 4 is 17.6 Å². The molecule has 3 rings (SSSR count). The highest BCUT2D eigenvalue weighted by molar-refractivity contribution is 5.86. The normalized spacial score (nSPS) is 32.8. The lowest BCUT2D eigenvalue weighted by molar-refractivity contribution is -0.0520. The van der Waals surface area contributed by atoms with Crippen molar-refractivity contribution < 1.29 is 25.3 Å². The fourth-order valence-electron chi connectivity index (χ4n) is 2.20. The molecule has 1 aromatic heterocycles. The number of nitrogens with zero attached hydrogens (tertiary/aromatic N) is 4. The lowest BCUT2D eigenvalue weighted by Crippen LogP contribution is -2.46. The lowest BCUT2D eigenvalue weighted by atomic mass is 10.1. The summed E-state index contributed by atoms with van der Waals surface area (Å²) < 4.78 is 6.67. The molecule has 0 aliphatic carbocycles. The number of rotatable bonds is 2. The average molecular weight is 286 g/mol. The van der Waals surface area contributed by atoms with Gasteiger partial charge in [0, 0.05) is 0 Å². The second kappa shape index (κ2) is 4.57. The van der Waals surface area contributed by atoms with Crippen molar-refractivity contribution in [3.05, 3.63) is 6.33 Å². The molecule has 1 aromatic rings. The van der Waals surface area contributed by atoms with E-state index in [0.29, 0.717) is 5.17 Å². The smallest absolute Gasteiger partial charge is 0.221 e. The van der Waals surface area contributed by atoms with Crippen LogP contribution in [-0.4, -0.2) is 61.0 Å². The Morgan fingerprint density at radius 3 is 2.80 bits per heavy atom. The quantitative estimate of drug-likeness (QED) is 0.336. The number of hydrogen-bond acceptors (Lipinski definition) is 10. The van der Waals surface area contributed by atoms with E-state index in [-0.39, 0.29) is 17.6 Å². The predicted octanol–water partition coefficient (Wildman–Crippen LogP) is -2.85. The maximum absolute atomic E-state index is 9.96. The summed E-state index contributed by atoms with van der Waals surface area (Å²) in [7, 11) is 0. The molecule has 1 fully saturated rings. The van der Waals surface area contributed by atoms with Gasteiger partial charge in [-0.1, -0.05) is 0 Å². The molecule has 0 spiro atoms. The number of nitrogens with two attached hydrogens (primary N) is 1. The van der Waals surface area contributed by atoms with E-state index in [1.807, 2.05) is 0 Å². The van der Waals surface area contributed by atoms with Gasteiger partial charge in [0.25, 0.3) is 0 Å². The summed E-state index contributed by atoms with van der Waals surface area (Å²) in [6, 6.07) is 0. The number of guanidine groups is 1. The molecule has 0 amide bonds. The number of imidazole rings is 1. The lowest BCUT2D eigenvalue weighted by Gasteiger charge is -2.23. The van der Waals surface area contributed by atoms with Crippen LogP contribution in [0.3, 0.4) is 0 Å². The van der Waals surface area contributed by atoms with Gasteiger partial charge in [-0.25, -0.2) is 10.4 Å². The van der Waals surface area contributed by atoms with Crippen LogP contribution in [0.15, 0.2) is 11.3 Å². The van der Waals surface area contributed by atoms with E-state index < -0.39 is 31.1 Å². The molecule has 0 saturated carbocycles. The molecule has 11 heteroatoms. The van der Waals surface area contributed by atoms with Gasteiger partial charge in [0.15, 0.2) is 12.0 Å². The number of hydrogen-bond donors (Lipinski definition) is 6. The van der Waals surface area contributed by atoms with Gasteiger partial charge in [-0.3, -0.25) is 9.77 Å². The molecule has 4 atom stereocenters. The molecule has 0 bridgehead atoms. The molecule has 110 valence electrons. The molecule has 11 nitrogen and oxygen atoms in total. The van der Waals surface area contributed by atoms with Crippen LogP contribution in [0.25, 0.3) is 0 Å². The molecule has 2 aliphatic heterocycles. The summed E-state index contributed by atoms with van der Waals surface area (Å²) in [5, 5.41) is 38.9. The van der Waals surface area contributed by atoms with Gasteiger partial charge in [-0.05, 0) is 0 Å². The van der Waals surface area contributed by atoms with Crippen molar-refractivity contribution in [3.63, 3.8) is 0 Å². The number of aliphatic imine (C=N–C) groups is 1. The van der Waals surface area contributed by atoms with Crippen molar-refractivity contribution in [3.8, 4) is 0 Å². The van der Waals surface area contributed by atoms with Crippen molar-refractivity contribution in [1.82, 2.24) is 15.0 Å². The number of nitrogens with one attached hydrogen (secondary N) is 1. The van der Waals surface area contributed by atoms with Gasteiger partial charge in [0.1, 0.15) is 24.6 Å². The summed E-state index contributed by atoms with van der Waals surface area (Å²) in [6.07, 6.45) is -3.15. The minimum atomic E-state index is -1.27. The fraction of sp³-hybridized carbons (Fsp3) is 0.556. The summed E-state index contributed by atoms with van der Waals surface area (Å²) in [5.74, 6) is 0.143. The standard InChI is InChI=1S/C9H14N6O5/c10-9-12-7-6(15(19)13-9)11-2-14(7)8-5(18)4(17)3(1-16)20-8/h2-5,8,16-19H,1H2,(H3,10,12,13)/t3-,4-,5-,8-/m1/s1. The SMILES string of the molecule is NC1=Nc2c(ncn2[C@@H]2O[C@H](CO)[C@@H](O)[C@H]2O)N(O)N1.